The third-order valence-electron chi connectivity index (χ3n) is 2.71. The van der Waals surface area contributed by atoms with E-state index < -0.39 is 0 Å². The SMILES string of the molecule is C1CCNC1.CC(C)(C)OC(=O)N1CCCC1. The lowest BCUT2D eigenvalue weighted by Gasteiger charge is -2.23. The average molecular weight is 242 g/mol. The largest absolute Gasteiger partial charge is 0.444 e. The Kier molecular flexibility index (Phi) is 5.75. The summed E-state index contributed by atoms with van der Waals surface area (Å²) in [6.07, 6.45) is 4.83. The zero-order chi connectivity index (χ0) is 12.7. The minimum absolute atomic E-state index is 0.167. The molecule has 100 valence electrons. The summed E-state index contributed by atoms with van der Waals surface area (Å²) in [7, 11) is 0. The Labute approximate surface area is 105 Å². The number of carbonyl (C=O) groups excluding carboxylic acids is 1. The second kappa shape index (κ2) is 6.84. The molecule has 0 saturated carbocycles. The smallest absolute Gasteiger partial charge is 0.410 e. The molecular weight excluding hydrogens is 216 g/mol. The van der Waals surface area contributed by atoms with Gasteiger partial charge in [0.25, 0.3) is 0 Å². The molecule has 1 N–H and O–H groups in total. The van der Waals surface area contributed by atoms with Crippen LogP contribution in [-0.4, -0.2) is 42.8 Å². The van der Waals surface area contributed by atoms with Crippen LogP contribution in [0.3, 0.4) is 0 Å². The first-order valence-electron chi connectivity index (χ1n) is 6.68. The number of nitrogens with zero attached hydrogens (tertiary/aromatic N) is 1. The predicted octanol–water partition coefficient (Wildman–Crippen LogP) is 2.39. The molecule has 4 nitrogen and oxygen atoms in total. The van der Waals surface area contributed by atoms with Crippen molar-refractivity contribution in [3.63, 3.8) is 0 Å². The Bertz CT molecular complexity index is 218. The maximum Gasteiger partial charge on any atom is 0.410 e. The Hall–Kier alpha value is -0.770. The average Bonchev–Trinajstić information content (AvgIpc) is 2.93. The van der Waals surface area contributed by atoms with E-state index in [-0.39, 0.29) is 11.7 Å². The number of nitrogens with one attached hydrogen (secondary N) is 1. The summed E-state index contributed by atoms with van der Waals surface area (Å²) in [5.74, 6) is 0. The molecule has 2 saturated heterocycles. The number of carbonyl (C=O) groups is 1. The van der Waals surface area contributed by atoms with Crippen LogP contribution in [0.5, 0.6) is 0 Å². The Balaban J connectivity index is 0.000000239. The van der Waals surface area contributed by atoms with Crippen LogP contribution in [0.25, 0.3) is 0 Å². The molecule has 17 heavy (non-hydrogen) atoms. The van der Waals surface area contributed by atoms with Crippen molar-refractivity contribution in [2.75, 3.05) is 26.2 Å². The molecule has 4 heteroatoms. The molecule has 0 radical (unpaired) electrons. The van der Waals surface area contributed by atoms with Crippen molar-refractivity contribution in [3.05, 3.63) is 0 Å². The van der Waals surface area contributed by atoms with Crippen molar-refractivity contribution in [1.82, 2.24) is 10.2 Å². The third kappa shape index (κ3) is 6.51. The van der Waals surface area contributed by atoms with Crippen molar-refractivity contribution in [3.8, 4) is 0 Å². The molecular formula is C13H26N2O2. The van der Waals surface area contributed by atoms with E-state index in [4.69, 9.17) is 4.74 Å². The summed E-state index contributed by atoms with van der Waals surface area (Å²) in [6, 6.07) is 0. The lowest BCUT2D eigenvalue weighted by atomic mass is 10.2. The standard InChI is InChI=1S/C9H17NO2.C4H9N/c1-9(2,3)12-8(11)10-6-4-5-7-10;1-2-4-5-3-1/h4-7H2,1-3H3;5H,1-4H2. The number of likely N-dealkylation sites (tertiary alicyclic amines) is 1. The van der Waals surface area contributed by atoms with E-state index in [0.717, 1.165) is 25.9 Å². The first kappa shape index (κ1) is 14.3. The van der Waals surface area contributed by atoms with Crippen LogP contribution in [0.15, 0.2) is 0 Å². The molecule has 0 aromatic carbocycles. The number of hydrogen-bond acceptors (Lipinski definition) is 3. The van der Waals surface area contributed by atoms with E-state index >= 15 is 0 Å². The van der Waals surface area contributed by atoms with Crippen LogP contribution in [0, 0.1) is 0 Å². The van der Waals surface area contributed by atoms with Gasteiger partial charge < -0.3 is 15.0 Å². The monoisotopic (exact) mass is 242 g/mol. The summed E-state index contributed by atoms with van der Waals surface area (Å²) in [4.78, 5) is 13.1. The van der Waals surface area contributed by atoms with Crippen molar-refractivity contribution >= 4 is 6.09 Å². The number of amides is 1. The van der Waals surface area contributed by atoms with Crippen LogP contribution in [0.1, 0.15) is 46.5 Å². The Morgan fingerprint density at radius 2 is 1.59 bits per heavy atom. The molecule has 0 aromatic heterocycles. The van der Waals surface area contributed by atoms with Gasteiger partial charge in [-0.2, -0.15) is 0 Å². The zero-order valence-electron chi connectivity index (χ0n) is 11.4. The van der Waals surface area contributed by atoms with E-state index in [9.17, 15) is 4.79 Å². The van der Waals surface area contributed by atoms with Gasteiger partial charge in [-0.05, 0) is 59.5 Å². The van der Waals surface area contributed by atoms with Gasteiger partial charge >= 0.3 is 6.09 Å². The highest BCUT2D eigenvalue weighted by Gasteiger charge is 2.23. The minimum atomic E-state index is -0.361. The molecule has 2 fully saturated rings. The summed E-state index contributed by atoms with van der Waals surface area (Å²) < 4.78 is 5.21. The molecule has 1 amide bonds. The summed E-state index contributed by atoms with van der Waals surface area (Å²) in [5, 5.41) is 3.22. The lowest BCUT2D eigenvalue weighted by molar-refractivity contribution is 0.0295. The maximum atomic E-state index is 11.4. The van der Waals surface area contributed by atoms with Gasteiger partial charge in [0, 0.05) is 13.1 Å². The fourth-order valence-electron chi connectivity index (χ4n) is 1.85. The van der Waals surface area contributed by atoms with Crippen molar-refractivity contribution in [2.45, 2.75) is 52.1 Å². The second-order valence-electron chi connectivity index (χ2n) is 5.63. The molecule has 0 spiro atoms. The Morgan fingerprint density at radius 1 is 1.06 bits per heavy atom. The highest BCUT2D eigenvalue weighted by atomic mass is 16.6. The maximum absolute atomic E-state index is 11.4. The van der Waals surface area contributed by atoms with Gasteiger partial charge in [0.05, 0.1) is 0 Å². The van der Waals surface area contributed by atoms with Gasteiger partial charge in [-0.25, -0.2) is 4.79 Å². The predicted molar refractivity (Wildman–Crippen MR) is 69.1 cm³/mol. The molecule has 2 aliphatic rings. The fraction of sp³-hybridized carbons (Fsp3) is 0.923. The molecule has 0 unspecified atom stereocenters. The highest BCUT2D eigenvalue weighted by Crippen LogP contribution is 2.14. The molecule has 0 aliphatic carbocycles. The van der Waals surface area contributed by atoms with Crippen LogP contribution in [0.2, 0.25) is 0 Å². The number of ether oxygens (including phenoxy) is 1. The number of hydrogen-bond donors (Lipinski definition) is 1. The van der Waals surface area contributed by atoms with Gasteiger partial charge in [-0.1, -0.05) is 0 Å². The molecule has 0 atom stereocenters. The van der Waals surface area contributed by atoms with Crippen LogP contribution >= 0.6 is 0 Å². The molecule has 2 heterocycles. The number of rotatable bonds is 0. The summed E-state index contributed by atoms with van der Waals surface area (Å²) in [6.45, 7) is 9.88. The summed E-state index contributed by atoms with van der Waals surface area (Å²) in [5.41, 5.74) is -0.361. The Morgan fingerprint density at radius 3 is 1.94 bits per heavy atom. The van der Waals surface area contributed by atoms with Gasteiger partial charge in [-0.15, -0.1) is 0 Å². The highest BCUT2D eigenvalue weighted by molar-refractivity contribution is 5.68. The van der Waals surface area contributed by atoms with Crippen LogP contribution in [-0.2, 0) is 4.74 Å². The van der Waals surface area contributed by atoms with Crippen molar-refractivity contribution in [2.24, 2.45) is 0 Å². The normalized spacial score (nSPS) is 19.8. The van der Waals surface area contributed by atoms with Gasteiger partial charge in [-0.3, -0.25) is 0 Å². The molecule has 2 aliphatic heterocycles. The zero-order valence-corrected chi connectivity index (χ0v) is 11.4. The summed E-state index contributed by atoms with van der Waals surface area (Å²) >= 11 is 0. The fourth-order valence-corrected chi connectivity index (χ4v) is 1.85. The van der Waals surface area contributed by atoms with Crippen molar-refractivity contribution in [1.29, 1.82) is 0 Å². The van der Waals surface area contributed by atoms with Crippen LogP contribution < -0.4 is 5.32 Å². The minimum Gasteiger partial charge on any atom is -0.444 e. The van der Waals surface area contributed by atoms with E-state index in [2.05, 4.69) is 5.32 Å². The first-order valence-corrected chi connectivity index (χ1v) is 6.68. The third-order valence-corrected chi connectivity index (χ3v) is 2.71. The van der Waals surface area contributed by atoms with E-state index in [1.807, 2.05) is 20.8 Å². The molecule has 2 rings (SSSR count). The van der Waals surface area contributed by atoms with Gasteiger partial charge in [0.15, 0.2) is 0 Å². The van der Waals surface area contributed by atoms with E-state index in [0.29, 0.717) is 0 Å². The van der Waals surface area contributed by atoms with Gasteiger partial charge in [0.1, 0.15) is 5.60 Å². The molecule has 0 aromatic rings. The quantitative estimate of drug-likeness (QED) is 0.709. The topological polar surface area (TPSA) is 41.6 Å². The van der Waals surface area contributed by atoms with Crippen molar-refractivity contribution < 1.29 is 9.53 Å². The van der Waals surface area contributed by atoms with Gasteiger partial charge in [0.2, 0.25) is 0 Å². The molecule has 0 bridgehead atoms. The van der Waals surface area contributed by atoms with E-state index in [1.165, 1.54) is 25.9 Å². The van der Waals surface area contributed by atoms with Crippen LogP contribution in [0.4, 0.5) is 4.79 Å². The van der Waals surface area contributed by atoms with E-state index in [1.54, 1.807) is 4.90 Å². The first-order chi connectivity index (χ1) is 7.99. The lowest BCUT2D eigenvalue weighted by Crippen LogP contribution is -2.34. The second-order valence-corrected chi connectivity index (χ2v) is 5.63.